The molecular weight excluding hydrogens is 348 g/mol. The molecule has 138 valence electrons. The molecule has 3 aromatic carbocycles. The molecule has 0 aliphatic carbocycles. The third-order valence-corrected chi connectivity index (χ3v) is 4.62. The number of anilines is 1. The second kappa shape index (κ2) is 7.53. The molecule has 28 heavy (non-hydrogen) atoms. The normalized spacial score (nSPS) is 15.1. The number of carbonyl (C=O) groups is 1. The summed E-state index contributed by atoms with van der Waals surface area (Å²) in [6, 6.07) is 25.2. The predicted octanol–water partition coefficient (Wildman–Crippen LogP) is 4.84. The highest BCUT2D eigenvalue weighted by atomic mass is 16.5. The zero-order valence-electron chi connectivity index (χ0n) is 15.8. The van der Waals surface area contributed by atoms with Crippen LogP contribution in [-0.4, -0.2) is 18.9 Å². The number of hydrogen-bond donors (Lipinski definition) is 0. The predicted molar refractivity (Wildman–Crippen MR) is 113 cm³/mol. The molecule has 0 unspecified atom stereocenters. The SMILES string of the molecule is COc1ccccc1C=C1N=C(c2ccccc2)N(c2ccc(C)cc2)C1=O. The first-order chi connectivity index (χ1) is 13.7. The number of amides is 1. The summed E-state index contributed by atoms with van der Waals surface area (Å²) >= 11 is 0. The molecule has 3 aromatic rings. The van der Waals surface area contributed by atoms with Crippen LogP contribution in [0.25, 0.3) is 6.08 Å². The van der Waals surface area contributed by atoms with Gasteiger partial charge in [0.1, 0.15) is 17.3 Å². The van der Waals surface area contributed by atoms with Gasteiger partial charge in [0, 0.05) is 11.1 Å². The maximum atomic E-state index is 13.3. The fourth-order valence-corrected chi connectivity index (χ4v) is 3.16. The number of para-hydroxylation sites is 1. The Morgan fingerprint density at radius 2 is 1.57 bits per heavy atom. The van der Waals surface area contributed by atoms with E-state index in [0.717, 1.165) is 22.4 Å². The largest absolute Gasteiger partial charge is 0.496 e. The average molecular weight is 368 g/mol. The molecule has 4 rings (SSSR count). The molecule has 0 bridgehead atoms. The van der Waals surface area contributed by atoms with E-state index in [1.807, 2.05) is 85.8 Å². The summed E-state index contributed by atoms with van der Waals surface area (Å²) in [7, 11) is 1.62. The number of nitrogens with zero attached hydrogens (tertiary/aromatic N) is 2. The summed E-state index contributed by atoms with van der Waals surface area (Å²) in [4.78, 5) is 19.6. The Balaban J connectivity index is 1.83. The van der Waals surface area contributed by atoms with E-state index in [1.165, 1.54) is 0 Å². The smallest absolute Gasteiger partial charge is 0.282 e. The molecule has 0 spiro atoms. The molecule has 0 radical (unpaired) electrons. The number of aliphatic imine (C=N–C) groups is 1. The molecule has 0 saturated heterocycles. The van der Waals surface area contributed by atoms with E-state index >= 15 is 0 Å². The Hall–Kier alpha value is -3.66. The van der Waals surface area contributed by atoms with Gasteiger partial charge in [-0.25, -0.2) is 4.99 Å². The first-order valence-electron chi connectivity index (χ1n) is 9.07. The van der Waals surface area contributed by atoms with Crippen LogP contribution in [0.1, 0.15) is 16.7 Å². The number of ether oxygens (including phenoxy) is 1. The molecular formula is C24H20N2O2. The highest BCUT2D eigenvalue weighted by Gasteiger charge is 2.32. The number of rotatable bonds is 4. The summed E-state index contributed by atoms with van der Waals surface area (Å²) in [5, 5.41) is 0. The van der Waals surface area contributed by atoms with Crippen molar-refractivity contribution in [3.05, 3.63) is 101 Å². The number of amidine groups is 1. The topological polar surface area (TPSA) is 41.9 Å². The standard InChI is InChI=1S/C24H20N2O2/c1-17-12-14-20(15-13-17)26-23(18-8-4-3-5-9-18)25-21(24(26)27)16-19-10-6-7-11-22(19)28-2/h3-16H,1-2H3. The van der Waals surface area contributed by atoms with Crippen molar-refractivity contribution in [1.82, 2.24) is 0 Å². The Morgan fingerprint density at radius 1 is 0.893 bits per heavy atom. The molecule has 1 aliphatic heterocycles. The Bertz CT molecular complexity index is 1070. The Morgan fingerprint density at radius 3 is 2.29 bits per heavy atom. The lowest BCUT2D eigenvalue weighted by molar-refractivity contribution is -0.113. The maximum Gasteiger partial charge on any atom is 0.282 e. The van der Waals surface area contributed by atoms with Crippen molar-refractivity contribution in [2.24, 2.45) is 4.99 Å². The van der Waals surface area contributed by atoms with Crippen LogP contribution in [0.3, 0.4) is 0 Å². The third-order valence-electron chi connectivity index (χ3n) is 4.62. The van der Waals surface area contributed by atoms with Crippen LogP contribution in [0.15, 0.2) is 89.6 Å². The van der Waals surface area contributed by atoms with E-state index < -0.39 is 0 Å². The first kappa shape index (κ1) is 17.7. The van der Waals surface area contributed by atoms with Gasteiger partial charge in [0.25, 0.3) is 5.91 Å². The van der Waals surface area contributed by atoms with Crippen molar-refractivity contribution in [2.75, 3.05) is 12.0 Å². The zero-order chi connectivity index (χ0) is 19.5. The van der Waals surface area contributed by atoms with Gasteiger partial charge in [-0.3, -0.25) is 9.69 Å². The third kappa shape index (κ3) is 3.32. The van der Waals surface area contributed by atoms with E-state index in [2.05, 4.69) is 4.99 Å². The fraction of sp³-hybridized carbons (Fsp3) is 0.0833. The van der Waals surface area contributed by atoms with E-state index in [1.54, 1.807) is 18.1 Å². The molecule has 4 heteroatoms. The number of aryl methyl sites for hydroxylation is 1. The number of methoxy groups -OCH3 is 1. The lowest BCUT2D eigenvalue weighted by Crippen LogP contribution is -2.32. The molecule has 0 N–H and O–H groups in total. The van der Waals surface area contributed by atoms with E-state index in [-0.39, 0.29) is 5.91 Å². The van der Waals surface area contributed by atoms with Gasteiger partial charge >= 0.3 is 0 Å². The van der Waals surface area contributed by atoms with Crippen LogP contribution in [0.4, 0.5) is 5.69 Å². The molecule has 1 heterocycles. The fourth-order valence-electron chi connectivity index (χ4n) is 3.16. The van der Waals surface area contributed by atoms with Crippen LogP contribution in [0.2, 0.25) is 0 Å². The zero-order valence-corrected chi connectivity index (χ0v) is 15.8. The first-order valence-corrected chi connectivity index (χ1v) is 9.07. The minimum absolute atomic E-state index is 0.159. The van der Waals surface area contributed by atoms with Crippen molar-refractivity contribution in [3.8, 4) is 5.75 Å². The summed E-state index contributed by atoms with van der Waals surface area (Å²) < 4.78 is 5.41. The second-order valence-corrected chi connectivity index (χ2v) is 6.55. The summed E-state index contributed by atoms with van der Waals surface area (Å²) in [6.07, 6.45) is 1.78. The van der Waals surface area contributed by atoms with Crippen molar-refractivity contribution in [1.29, 1.82) is 0 Å². The van der Waals surface area contributed by atoms with Gasteiger partial charge in [-0.05, 0) is 31.2 Å². The van der Waals surface area contributed by atoms with Gasteiger partial charge in [-0.2, -0.15) is 0 Å². The summed E-state index contributed by atoms with van der Waals surface area (Å²) in [5.41, 5.74) is 4.01. The quantitative estimate of drug-likeness (QED) is 0.619. The van der Waals surface area contributed by atoms with Crippen molar-refractivity contribution in [2.45, 2.75) is 6.92 Å². The van der Waals surface area contributed by atoms with Gasteiger partial charge in [0.05, 0.1) is 12.8 Å². The van der Waals surface area contributed by atoms with Crippen molar-refractivity contribution >= 4 is 23.5 Å². The maximum absolute atomic E-state index is 13.3. The molecule has 4 nitrogen and oxygen atoms in total. The van der Waals surface area contributed by atoms with Crippen molar-refractivity contribution in [3.63, 3.8) is 0 Å². The number of hydrogen-bond acceptors (Lipinski definition) is 3. The minimum Gasteiger partial charge on any atom is -0.496 e. The summed E-state index contributed by atoms with van der Waals surface area (Å²) in [6.45, 7) is 2.02. The average Bonchev–Trinajstić information content (AvgIpc) is 3.06. The summed E-state index contributed by atoms with van der Waals surface area (Å²) in [5.74, 6) is 1.16. The van der Waals surface area contributed by atoms with Gasteiger partial charge in [0.2, 0.25) is 0 Å². The highest BCUT2D eigenvalue weighted by Crippen LogP contribution is 2.29. The Kier molecular flexibility index (Phi) is 4.77. The monoisotopic (exact) mass is 368 g/mol. The molecule has 0 atom stereocenters. The molecule has 0 fully saturated rings. The van der Waals surface area contributed by atoms with Gasteiger partial charge in [0.15, 0.2) is 0 Å². The van der Waals surface area contributed by atoms with E-state index in [9.17, 15) is 4.79 Å². The minimum atomic E-state index is -0.159. The molecule has 0 saturated carbocycles. The van der Waals surface area contributed by atoms with E-state index in [0.29, 0.717) is 17.3 Å². The number of carbonyl (C=O) groups excluding carboxylic acids is 1. The van der Waals surface area contributed by atoms with Crippen LogP contribution in [0, 0.1) is 6.92 Å². The van der Waals surface area contributed by atoms with Crippen LogP contribution in [0.5, 0.6) is 5.75 Å². The van der Waals surface area contributed by atoms with Crippen LogP contribution < -0.4 is 9.64 Å². The lowest BCUT2D eigenvalue weighted by Gasteiger charge is -2.18. The lowest BCUT2D eigenvalue weighted by atomic mass is 10.1. The second-order valence-electron chi connectivity index (χ2n) is 6.55. The van der Waals surface area contributed by atoms with Gasteiger partial charge in [-0.1, -0.05) is 66.2 Å². The molecule has 0 aromatic heterocycles. The van der Waals surface area contributed by atoms with Crippen LogP contribution in [-0.2, 0) is 4.79 Å². The highest BCUT2D eigenvalue weighted by molar-refractivity contribution is 6.33. The molecule has 1 aliphatic rings. The van der Waals surface area contributed by atoms with Crippen LogP contribution >= 0.6 is 0 Å². The van der Waals surface area contributed by atoms with Gasteiger partial charge in [-0.15, -0.1) is 0 Å². The van der Waals surface area contributed by atoms with E-state index in [4.69, 9.17) is 4.74 Å². The Labute approximate surface area is 164 Å². The van der Waals surface area contributed by atoms with Crippen molar-refractivity contribution < 1.29 is 9.53 Å². The number of benzene rings is 3. The van der Waals surface area contributed by atoms with Gasteiger partial charge < -0.3 is 4.74 Å². The molecule has 1 amide bonds.